The van der Waals surface area contributed by atoms with E-state index in [1.807, 2.05) is 0 Å². The lowest BCUT2D eigenvalue weighted by atomic mass is 9.90. The molecule has 172 valence electrons. The predicted octanol–water partition coefficient (Wildman–Crippen LogP) is 1.88. The van der Waals surface area contributed by atoms with E-state index < -0.39 is 22.1 Å². The van der Waals surface area contributed by atoms with Gasteiger partial charge in [-0.05, 0) is 42.9 Å². The van der Waals surface area contributed by atoms with E-state index in [1.165, 1.54) is 11.2 Å². The fraction of sp³-hybridized carbons (Fsp3) is 0.600. The number of likely N-dealkylation sites (tertiary alicyclic amines) is 1. The van der Waals surface area contributed by atoms with Crippen molar-refractivity contribution in [1.29, 1.82) is 0 Å². The van der Waals surface area contributed by atoms with E-state index in [2.05, 4.69) is 0 Å². The molecule has 31 heavy (non-hydrogen) atoms. The zero-order valence-electron chi connectivity index (χ0n) is 17.3. The Morgan fingerprint density at radius 3 is 1.97 bits per heavy atom. The molecule has 0 bridgehead atoms. The van der Waals surface area contributed by atoms with Gasteiger partial charge in [0.05, 0.1) is 4.90 Å². The molecule has 2 amide bonds. The molecule has 0 aromatic heterocycles. The molecular weight excluding hydrogens is 435 g/mol. The lowest BCUT2D eigenvalue weighted by molar-refractivity contribution is -0.186. The van der Waals surface area contributed by atoms with Crippen molar-refractivity contribution in [3.63, 3.8) is 0 Å². The second-order valence-electron chi connectivity index (χ2n) is 7.99. The number of carbonyl (C=O) groups is 2. The van der Waals surface area contributed by atoms with Crippen LogP contribution in [-0.4, -0.2) is 79.8 Å². The maximum absolute atomic E-state index is 12.8. The molecule has 2 aliphatic heterocycles. The van der Waals surface area contributed by atoms with Gasteiger partial charge in [-0.1, -0.05) is 12.1 Å². The molecule has 0 aliphatic carbocycles. The number of carbonyl (C=O) groups excluding carboxylic acids is 2. The highest BCUT2D eigenvalue weighted by atomic mass is 32.2. The second kappa shape index (κ2) is 9.15. The van der Waals surface area contributed by atoms with Crippen molar-refractivity contribution in [3.8, 4) is 0 Å². The Labute approximate surface area is 179 Å². The van der Waals surface area contributed by atoms with Crippen LogP contribution < -0.4 is 0 Å². The number of benzene rings is 1. The van der Waals surface area contributed by atoms with Crippen LogP contribution in [0.2, 0.25) is 0 Å². The quantitative estimate of drug-likeness (QED) is 0.686. The van der Waals surface area contributed by atoms with Crippen LogP contribution in [0.3, 0.4) is 0 Å². The van der Waals surface area contributed by atoms with Crippen LogP contribution in [0.4, 0.5) is 13.2 Å². The summed E-state index contributed by atoms with van der Waals surface area (Å²) in [6.45, 7) is 2.83. The second-order valence-corrected chi connectivity index (χ2v) is 9.93. The minimum absolute atomic E-state index is 0.0711. The zero-order valence-corrected chi connectivity index (χ0v) is 18.1. The monoisotopic (exact) mass is 461 g/mol. The van der Waals surface area contributed by atoms with Gasteiger partial charge in [0.2, 0.25) is 15.9 Å². The third-order valence-electron chi connectivity index (χ3n) is 5.91. The summed E-state index contributed by atoms with van der Waals surface area (Å²) in [5.74, 6) is -1.72. The van der Waals surface area contributed by atoms with Crippen LogP contribution >= 0.6 is 0 Å². The molecule has 0 unspecified atom stereocenters. The Morgan fingerprint density at radius 1 is 0.935 bits per heavy atom. The smallest absolute Gasteiger partial charge is 0.340 e. The standard InChI is InChI=1S/C20H26F3N3O4S/c1-15(27)24-10-12-26(13-11-24)31(29,30)18-4-2-16(3-5-18)14-17-6-8-25(9-7-17)19(28)20(21,22)23/h2-5,17H,6-14H2,1H3. The molecule has 2 fully saturated rings. The summed E-state index contributed by atoms with van der Waals surface area (Å²) in [4.78, 5) is 25.4. The van der Waals surface area contributed by atoms with Crippen LogP contribution in [0.1, 0.15) is 25.3 Å². The molecular formula is C20H26F3N3O4S. The molecule has 1 aromatic carbocycles. The maximum atomic E-state index is 12.8. The van der Waals surface area contributed by atoms with E-state index in [1.54, 1.807) is 29.2 Å². The normalized spacial score (nSPS) is 19.5. The Bertz CT molecular complexity index is 903. The number of alkyl halides is 3. The van der Waals surface area contributed by atoms with Crippen molar-refractivity contribution in [2.75, 3.05) is 39.3 Å². The zero-order chi connectivity index (χ0) is 22.8. The molecule has 0 radical (unpaired) electrons. The lowest BCUT2D eigenvalue weighted by Gasteiger charge is -2.33. The van der Waals surface area contributed by atoms with E-state index in [4.69, 9.17) is 0 Å². The number of piperazine rings is 1. The van der Waals surface area contributed by atoms with Gasteiger partial charge in [-0.3, -0.25) is 9.59 Å². The molecule has 3 rings (SSSR count). The summed E-state index contributed by atoms with van der Waals surface area (Å²) in [5.41, 5.74) is 0.904. The summed E-state index contributed by atoms with van der Waals surface area (Å²) < 4.78 is 64.7. The first-order valence-corrected chi connectivity index (χ1v) is 11.6. The minimum atomic E-state index is -4.84. The van der Waals surface area contributed by atoms with Crippen molar-refractivity contribution in [3.05, 3.63) is 29.8 Å². The van der Waals surface area contributed by atoms with Crippen LogP contribution in [0.5, 0.6) is 0 Å². The van der Waals surface area contributed by atoms with Crippen LogP contribution in [-0.2, 0) is 26.0 Å². The average Bonchev–Trinajstić information content (AvgIpc) is 2.73. The summed E-state index contributed by atoms with van der Waals surface area (Å²) >= 11 is 0. The van der Waals surface area contributed by atoms with E-state index >= 15 is 0 Å². The molecule has 2 saturated heterocycles. The lowest BCUT2D eigenvalue weighted by Crippen LogP contribution is -2.49. The highest BCUT2D eigenvalue weighted by molar-refractivity contribution is 7.89. The van der Waals surface area contributed by atoms with Gasteiger partial charge < -0.3 is 9.80 Å². The summed E-state index contributed by atoms with van der Waals surface area (Å²) in [6, 6.07) is 6.55. The van der Waals surface area contributed by atoms with E-state index in [0.717, 1.165) is 10.5 Å². The van der Waals surface area contributed by atoms with Crippen molar-refractivity contribution < 1.29 is 31.2 Å². The van der Waals surface area contributed by atoms with Crippen LogP contribution in [0, 0.1) is 5.92 Å². The van der Waals surface area contributed by atoms with Gasteiger partial charge in [0.25, 0.3) is 0 Å². The first-order chi connectivity index (χ1) is 14.5. The highest BCUT2D eigenvalue weighted by Gasteiger charge is 2.43. The van der Waals surface area contributed by atoms with Gasteiger partial charge >= 0.3 is 12.1 Å². The largest absolute Gasteiger partial charge is 0.471 e. The molecule has 0 N–H and O–H groups in total. The number of amides is 2. The molecule has 2 heterocycles. The van der Waals surface area contributed by atoms with Crippen molar-refractivity contribution in [2.45, 2.75) is 37.3 Å². The van der Waals surface area contributed by atoms with E-state index in [9.17, 15) is 31.2 Å². The Morgan fingerprint density at radius 2 is 1.48 bits per heavy atom. The highest BCUT2D eigenvalue weighted by Crippen LogP contribution is 2.26. The molecule has 1 aromatic rings. The van der Waals surface area contributed by atoms with Gasteiger partial charge in [0.15, 0.2) is 0 Å². The first-order valence-electron chi connectivity index (χ1n) is 10.2. The number of sulfonamides is 1. The average molecular weight is 462 g/mol. The van der Waals surface area contributed by atoms with Gasteiger partial charge in [-0.2, -0.15) is 17.5 Å². The molecule has 7 nitrogen and oxygen atoms in total. The molecule has 0 saturated carbocycles. The molecule has 2 aliphatic rings. The Hall–Kier alpha value is -2.14. The number of piperidine rings is 1. The number of halogens is 3. The summed E-state index contributed by atoms with van der Waals surface area (Å²) in [6.07, 6.45) is -3.27. The maximum Gasteiger partial charge on any atom is 0.471 e. The van der Waals surface area contributed by atoms with Crippen molar-refractivity contribution in [2.24, 2.45) is 5.92 Å². The van der Waals surface area contributed by atoms with Crippen LogP contribution in [0.25, 0.3) is 0 Å². The number of rotatable bonds is 4. The molecule has 0 atom stereocenters. The van der Waals surface area contributed by atoms with Gasteiger partial charge in [0.1, 0.15) is 0 Å². The summed E-state index contributed by atoms with van der Waals surface area (Å²) in [5, 5.41) is 0. The van der Waals surface area contributed by atoms with Crippen molar-refractivity contribution in [1.82, 2.24) is 14.1 Å². The fourth-order valence-corrected chi connectivity index (χ4v) is 5.46. The predicted molar refractivity (Wildman–Crippen MR) is 107 cm³/mol. The van der Waals surface area contributed by atoms with Gasteiger partial charge in [-0.15, -0.1) is 0 Å². The summed E-state index contributed by atoms with van der Waals surface area (Å²) in [7, 11) is -3.65. The third-order valence-corrected chi connectivity index (χ3v) is 7.83. The molecule has 0 spiro atoms. The van der Waals surface area contributed by atoms with E-state index in [-0.39, 0.29) is 42.9 Å². The Kier molecular flexibility index (Phi) is 6.95. The topological polar surface area (TPSA) is 78.0 Å². The van der Waals surface area contributed by atoms with Gasteiger partial charge in [0, 0.05) is 46.2 Å². The fourth-order valence-electron chi connectivity index (χ4n) is 4.04. The Balaban J connectivity index is 1.55. The van der Waals surface area contributed by atoms with Crippen LogP contribution in [0.15, 0.2) is 29.2 Å². The van der Waals surface area contributed by atoms with Crippen molar-refractivity contribution >= 4 is 21.8 Å². The first kappa shape index (κ1) is 23.5. The number of nitrogens with zero attached hydrogens (tertiary/aromatic N) is 3. The third kappa shape index (κ3) is 5.57. The minimum Gasteiger partial charge on any atom is -0.340 e. The number of hydrogen-bond donors (Lipinski definition) is 0. The SMILES string of the molecule is CC(=O)N1CCN(S(=O)(=O)c2ccc(CC3CCN(C(=O)C(F)(F)F)CC3)cc2)CC1. The number of hydrogen-bond acceptors (Lipinski definition) is 4. The van der Waals surface area contributed by atoms with Gasteiger partial charge in [-0.25, -0.2) is 8.42 Å². The van der Waals surface area contributed by atoms with E-state index in [0.29, 0.717) is 32.4 Å². The molecule has 11 heteroatoms.